The van der Waals surface area contributed by atoms with Crippen LogP contribution in [0.1, 0.15) is 5.56 Å². The molecule has 1 rings (SSSR count). The molecular weight excluding hydrogens is 320 g/mol. The number of benzene rings is 1. The Balaban J connectivity index is 2.69. The van der Waals surface area contributed by atoms with Crippen LogP contribution in [0.4, 0.5) is 8.78 Å². The van der Waals surface area contributed by atoms with Crippen LogP contribution in [0.2, 0.25) is 0 Å². The summed E-state index contributed by atoms with van der Waals surface area (Å²) in [6.07, 6.45) is -2.43. The smallest absolute Gasteiger partial charge is 0.255 e. The van der Waals surface area contributed by atoms with Crippen molar-refractivity contribution in [3.05, 3.63) is 29.8 Å². The van der Waals surface area contributed by atoms with Crippen LogP contribution >= 0.6 is 15.9 Å². The highest BCUT2D eigenvalue weighted by atomic mass is 79.9. The van der Waals surface area contributed by atoms with E-state index in [9.17, 15) is 13.6 Å². The first-order valence-electron chi connectivity index (χ1n) is 5.81. The number of carbonyl (C=O) groups is 1. The predicted octanol–water partition coefficient (Wildman–Crippen LogP) is 2.73. The number of methoxy groups -OCH3 is 1. The molecule has 0 bridgehead atoms. The van der Waals surface area contributed by atoms with Crippen LogP contribution in [0, 0.1) is 0 Å². The first-order chi connectivity index (χ1) is 9.06. The summed E-state index contributed by atoms with van der Waals surface area (Å²) in [7, 11) is 1.54. The van der Waals surface area contributed by atoms with Crippen LogP contribution in [0.3, 0.4) is 0 Å². The van der Waals surface area contributed by atoms with E-state index >= 15 is 0 Å². The molecule has 19 heavy (non-hydrogen) atoms. The highest BCUT2D eigenvalue weighted by Crippen LogP contribution is 2.14. The summed E-state index contributed by atoms with van der Waals surface area (Å²) in [5.74, 6) is 0.333. The van der Waals surface area contributed by atoms with Crippen molar-refractivity contribution in [1.29, 1.82) is 0 Å². The van der Waals surface area contributed by atoms with Gasteiger partial charge in [-0.25, -0.2) is 8.78 Å². The van der Waals surface area contributed by atoms with Crippen LogP contribution in [0.15, 0.2) is 24.3 Å². The lowest BCUT2D eigenvalue weighted by molar-refractivity contribution is -0.132. The van der Waals surface area contributed by atoms with E-state index in [2.05, 4.69) is 15.9 Å². The Morgan fingerprint density at radius 2 is 2.21 bits per heavy atom. The van der Waals surface area contributed by atoms with E-state index in [0.717, 1.165) is 5.56 Å². The second-order valence-corrected chi connectivity index (χ2v) is 4.74. The van der Waals surface area contributed by atoms with Gasteiger partial charge < -0.3 is 9.64 Å². The highest BCUT2D eigenvalue weighted by molar-refractivity contribution is 9.09. The fraction of sp³-hybridized carbons (Fsp3) is 0.462. The van der Waals surface area contributed by atoms with Gasteiger partial charge in [-0.3, -0.25) is 4.79 Å². The van der Waals surface area contributed by atoms with Gasteiger partial charge in [0.1, 0.15) is 5.75 Å². The molecule has 0 fully saturated rings. The van der Waals surface area contributed by atoms with Crippen molar-refractivity contribution >= 4 is 21.8 Å². The van der Waals surface area contributed by atoms with E-state index in [1.807, 2.05) is 0 Å². The van der Waals surface area contributed by atoms with Gasteiger partial charge in [-0.05, 0) is 17.7 Å². The molecule has 1 aromatic rings. The minimum absolute atomic E-state index is 0.0942. The Labute approximate surface area is 119 Å². The van der Waals surface area contributed by atoms with E-state index in [-0.39, 0.29) is 18.9 Å². The third-order valence-electron chi connectivity index (χ3n) is 2.56. The lowest BCUT2D eigenvalue weighted by Gasteiger charge is -2.21. The Morgan fingerprint density at radius 1 is 1.47 bits per heavy atom. The van der Waals surface area contributed by atoms with Crippen molar-refractivity contribution < 1.29 is 18.3 Å². The van der Waals surface area contributed by atoms with Crippen molar-refractivity contribution in [3.63, 3.8) is 0 Å². The summed E-state index contributed by atoms with van der Waals surface area (Å²) >= 11 is 3.16. The Hall–Kier alpha value is -1.17. The zero-order valence-electron chi connectivity index (χ0n) is 10.6. The zero-order chi connectivity index (χ0) is 14.3. The van der Waals surface area contributed by atoms with E-state index in [1.165, 1.54) is 12.0 Å². The topological polar surface area (TPSA) is 29.5 Å². The summed E-state index contributed by atoms with van der Waals surface area (Å²) in [5, 5.41) is 0.476. The number of hydrogen-bond acceptors (Lipinski definition) is 2. The first-order valence-corrected chi connectivity index (χ1v) is 6.93. The Kier molecular flexibility index (Phi) is 6.77. The number of nitrogens with zero attached hydrogens (tertiary/aromatic N) is 1. The molecule has 0 N–H and O–H groups in total. The Bertz CT molecular complexity index is 415. The molecule has 6 heteroatoms. The maximum absolute atomic E-state index is 12.4. The fourth-order valence-corrected chi connectivity index (χ4v) is 2.08. The maximum atomic E-state index is 12.4. The van der Waals surface area contributed by atoms with Gasteiger partial charge in [-0.15, -0.1) is 0 Å². The van der Waals surface area contributed by atoms with E-state index < -0.39 is 13.0 Å². The third-order valence-corrected chi connectivity index (χ3v) is 2.91. The van der Waals surface area contributed by atoms with Crippen LogP contribution < -0.4 is 4.74 Å². The number of ether oxygens (including phenoxy) is 1. The lowest BCUT2D eigenvalue weighted by Crippen LogP contribution is -2.37. The number of amides is 1. The summed E-state index contributed by atoms with van der Waals surface area (Å²) < 4.78 is 29.9. The van der Waals surface area contributed by atoms with Crippen LogP contribution in [-0.2, 0) is 11.2 Å². The van der Waals surface area contributed by atoms with Gasteiger partial charge in [0.15, 0.2) is 0 Å². The third kappa shape index (κ3) is 5.55. The Morgan fingerprint density at radius 3 is 2.79 bits per heavy atom. The predicted molar refractivity (Wildman–Crippen MR) is 73.1 cm³/mol. The van der Waals surface area contributed by atoms with E-state index in [1.54, 1.807) is 24.3 Å². The molecule has 0 atom stereocenters. The molecule has 1 amide bonds. The molecule has 0 radical (unpaired) electrons. The molecular formula is C13H16BrF2NO2. The van der Waals surface area contributed by atoms with Crippen LogP contribution in [-0.4, -0.2) is 42.8 Å². The number of rotatable bonds is 7. The molecule has 0 aliphatic carbocycles. The molecule has 0 spiro atoms. The minimum atomic E-state index is -2.52. The van der Waals surface area contributed by atoms with Gasteiger partial charge in [0.2, 0.25) is 5.91 Å². The van der Waals surface area contributed by atoms with Gasteiger partial charge in [0.05, 0.1) is 20.1 Å². The summed E-state index contributed by atoms with van der Waals surface area (Å²) in [6.45, 7) is -0.262. The second kappa shape index (κ2) is 8.09. The van der Waals surface area contributed by atoms with Crippen LogP contribution in [0.5, 0.6) is 5.75 Å². The lowest BCUT2D eigenvalue weighted by atomic mass is 10.1. The van der Waals surface area contributed by atoms with Gasteiger partial charge >= 0.3 is 0 Å². The van der Waals surface area contributed by atoms with Crippen molar-refractivity contribution in [2.75, 3.05) is 25.5 Å². The fourth-order valence-electron chi connectivity index (χ4n) is 1.66. The molecule has 0 saturated carbocycles. The summed E-state index contributed by atoms with van der Waals surface area (Å²) in [6, 6.07) is 7.04. The minimum Gasteiger partial charge on any atom is -0.497 e. The molecule has 3 nitrogen and oxygen atoms in total. The molecule has 106 valence electrons. The van der Waals surface area contributed by atoms with Gasteiger partial charge in [0.25, 0.3) is 6.43 Å². The highest BCUT2D eigenvalue weighted by Gasteiger charge is 2.17. The summed E-state index contributed by atoms with van der Waals surface area (Å²) in [5.41, 5.74) is 0.748. The largest absolute Gasteiger partial charge is 0.497 e. The van der Waals surface area contributed by atoms with Gasteiger partial charge in [0, 0.05) is 11.9 Å². The van der Waals surface area contributed by atoms with Crippen molar-refractivity contribution in [1.82, 2.24) is 4.90 Å². The van der Waals surface area contributed by atoms with E-state index in [4.69, 9.17) is 4.74 Å². The normalized spacial score (nSPS) is 10.6. The van der Waals surface area contributed by atoms with E-state index in [0.29, 0.717) is 11.1 Å². The SMILES string of the molecule is COc1cccc(CC(=O)N(CCBr)CC(F)F)c1. The van der Waals surface area contributed by atoms with Gasteiger partial charge in [-0.2, -0.15) is 0 Å². The van der Waals surface area contributed by atoms with Crippen molar-refractivity contribution in [2.45, 2.75) is 12.8 Å². The molecule has 0 aliphatic heterocycles. The first kappa shape index (κ1) is 15.9. The number of hydrogen-bond donors (Lipinski definition) is 0. The molecule has 0 saturated heterocycles. The maximum Gasteiger partial charge on any atom is 0.255 e. The number of alkyl halides is 3. The standard InChI is InChI=1S/C13H16BrF2NO2/c1-19-11-4-2-3-10(7-11)8-13(18)17(6-5-14)9-12(15)16/h2-4,7,12H,5-6,8-9H2,1H3. The van der Waals surface area contributed by atoms with Crippen molar-refractivity contribution in [2.24, 2.45) is 0 Å². The molecule has 0 aliphatic rings. The zero-order valence-corrected chi connectivity index (χ0v) is 12.2. The second-order valence-electron chi connectivity index (χ2n) is 3.95. The molecule has 0 heterocycles. The number of carbonyl (C=O) groups excluding carboxylic acids is 1. The van der Waals surface area contributed by atoms with Gasteiger partial charge in [-0.1, -0.05) is 28.1 Å². The van der Waals surface area contributed by atoms with Crippen molar-refractivity contribution in [3.8, 4) is 5.75 Å². The molecule has 1 aromatic carbocycles. The molecule has 0 aromatic heterocycles. The summed E-state index contributed by atoms with van der Waals surface area (Å²) in [4.78, 5) is 13.1. The average Bonchev–Trinajstić information content (AvgIpc) is 2.38. The quantitative estimate of drug-likeness (QED) is 0.717. The average molecular weight is 336 g/mol. The van der Waals surface area contributed by atoms with Crippen LogP contribution in [0.25, 0.3) is 0 Å². The number of halogens is 3. The molecule has 0 unspecified atom stereocenters. The monoisotopic (exact) mass is 335 g/mol.